The summed E-state index contributed by atoms with van der Waals surface area (Å²) in [7, 11) is 0. The van der Waals surface area contributed by atoms with Crippen LogP contribution in [0.15, 0.2) is 24.3 Å². The molecular weight excluding hydrogens is 312 g/mol. The van der Waals surface area contributed by atoms with Gasteiger partial charge in [-0.1, -0.05) is 28.1 Å². The highest BCUT2D eigenvalue weighted by Crippen LogP contribution is 2.11. The number of carboxylic acids is 1. The zero-order valence-corrected chi connectivity index (χ0v) is 12.0. The van der Waals surface area contributed by atoms with Crippen LogP contribution in [0.5, 0.6) is 0 Å². The number of nitrogens with one attached hydrogen (secondary N) is 1. The standard InChI is InChI=1S/C13H17BrN2O3/c14-7-1-2-12(17)16-10-5-3-9(4-6-10)8-11(15)13(18)19/h3-6,11H,1-2,7-8,15H2,(H,16,17)(H,18,19). The van der Waals surface area contributed by atoms with E-state index >= 15 is 0 Å². The average Bonchev–Trinajstić information content (AvgIpc) is 2.38. The van der Waals surface area contributed by atoms with E-state index in [4.69, 9.17) is 10.8 Å². The normalized spacial score (nSPS) is 11.9. The molecule has 0 spiro atoms. The minimum Gasteiger partial charge on any atom is -0.480 e. The highest BCUT2D eigenvalue weighted by Gasteiger charge is 2.11. The second-order valence-corrected chi connectivity index (χ2v) is 4.98. The van der Waals surface area contributed by atoms with Crippen LogP contribution in [0.1, 0.15) is 18.4 Å². The molecule has 1 rings (SSSR count). The first-order chi connectivity index (χ1) is 9.02. The van der Waals surface area contributed by atoms with Crippen molar-refractivity contribution in [2.24, 2.45) is 5.73 Å². The summed E-state index contributed by atoms with van der Waals surface area (Å²) in [6.45, 7) is 0. The van der Waals surface area contributed by atoms with E-state index in [-0.39, 0.29) is 12.3 Å². The Morgan fingerprint density at radius 1 is 1.32 bits per heavy atom. The molecule has 0 radical (unpaired) electrons. The Bertz CT molecular complexity index is 434. The molecule has 4 N–H and O–H groups in total. The Balaban J connectivity index is 2.52. The third-order valence-electron chi connectivity index (χ3n) is 2.55. The van der Waals surface area contributed by atoms with Gasteiger partial charge in [-0.25, -0.2) is 0 Å². The zero-order valence-electron chi connectivity index (χ0n) is 10.4. The molecule has 1 amide bonds. The van der Waals surface area contributed by atoms with Gasteiger partial charge in [-0.15, -0.1) is 0 Å². The largest absolute Gasteiger partial charge is 0.480 e. The van der Waals surface area contributed by atoms with Crippen LogP contribution in [-0.2, 0) is 16.0 Å². The maximum atomic E-state index is 11.5. The van der Waals surface area contributed by atoms with Crippen molar-refractivity contribution in [1.82, 2.24) is 0 Å². The average molecular weight is 329 g/mol. The lowest BCUT2D eigenvalue weighted by atomic mass is 10.1. The number of aliphatic carboxylic acids is 1. The van der Waals surface area contributed by atoms with E-state index in [1.807, 2.05) is 0 Å². The van der Waals surface area contributed by atoms with Crippen molar-refractivity contribution in [1.29, 1.82) is 0 Å². The maximum Gasteiger partial charge on any atom is 0.320 e. The minimum absolute atomic E-state index is 0.0329. The van der Waals surface area contributed by atoms with E-state index in [9.17, 15) is 9.59 Å². The topological polar surface area (TPSA) is 92.4 Å². The Morgan fingerprint density at radius 2 is 1.95 bits per heavy atom. The number of rotatable bonds is 7. The van der Waals surface area contributed by atoms with Gasteiger partial charge in [-0.3, -0.25) is 9.59 Å². The van der Waals surface area contributed by atoms with Gasteiger partial charge in [0.1, 0.15) is 6.04 Å². The Labute approximate surface area is 120 Å². The number of hydrogen-bond acceptors (Lipinski definition) is 3. The first kappa shape index (κ1) is 15.7. The molecule has 1 aromatic rings. The van der Waals surface area contributed by atoms with Gasteiger partial charge < -0.3 is 16.2 Å². The summed E-state index contributed by atoms with van der Waals surface area (Å²) in [5.41, 5.74) is 6.98. The van der Waals surface area contributed by atoms with Crippen LogP contribution in [0.25, 0.3) is 0 Å². The summed E-state index contributed by atoms with van der Waals surface area (Å²) in [5.74, 6) is -1.05. The molecule has 19 heavy (non-hydrogen) atoms. The van der Waals surface area contributed by atoms with Crippen LogP contribution in [0.2, 0.25) is 0 Å². The summed E-state index contributed by atoms with van der Waals surface area (Å²) in [4.78, 5) is 22.1. The summed E-state index contributed by atoms with van der Waals surface area (Å²) in [5, 5.41) is 12.3. The lowest BCUT2D eigenvalue weighted by Crippen LogP contribution is -2.32. The van der Waals surface area contributed by atoms with Crippen molar-refractivity contribution in [3.63, 3.8) is 0 Å². The highest BCUT2D eigenvalue weighted by molar-refractivity contribution is 9.09. The van der Waals surface area contributed by atoms with Gasteiger partial charge in [0.25, 0.3) is 0 Å². The number of carbonyl (C=O) groups excluding carboxylic acids is 1. The fraction of sp³-hybridized carbons (Fsp3) is 0.385. The fourth-order valence-electron chi connectivity index (χ4n) is 1.52. The third-order valence-corrected chi connectivity index (χ3v) is 3.11. The van der Waals surface area contributed by atoms with Crippen LogP contribution in [0.3, 0.4) is 0 Å². The zero-order chi connectivity index (χ0) is 14.3. The van der Waals surface area contributed by atoms with Gasteiger partial charge >= 0.3 is 5.97 Å². The van der Waals surface area contributed by atoms with Crippen LogP contribution in [-0.4, -0.2) is 28.4 Å². The van der Waals surface area contributed by atoms with Gasteiger partial charge in [0.15, 0.2) is 0 Å². The van der Waals surface area contributed by atoms with E-state index < -0.39 is 12.0 Å². The Morgan fingerprint density at radius 3 is 2.47 bits per heavy atom. The first-order valence-electron chi connectivity index (χ1n) is 5.96. The molecule has 0 saturated carbocycles. The molecule has 1 unspecified atom stereocenters. The van der Waals surface area contributed by atoms with Gasteiger partial charge in [0, 0.05) is 17.4 Å². The predicted octanol–water partition coefficient (Wildman–Crippen LogP) is 1.75. The van der Waals surface area contributed by atoms with Crippen molar-refractivity contribution in [3.8, 4) is 0 Å². The number of benzene rings is 1. The highest BCUT2D eigenvalue weighted by atomic mass is 79.9. The van der Waals surface area contributed by atoms with E-state index in [1.54, 1.807) is 24.3 Å². The number of hydrogen-bond donors (Lipinski definition) is 3. The number of nitrogens with two attached hydrogens (primary N) is 1. The predicted molar refractivity (Wildman–Crippen MR) is 77.4 cm³/mol. The summed E-state index contributed by atoms with van der Waals surface area (Å²) < 4.78 is 0. The van der Waals surface area contributed by atoms with Crippen molar-refractivity contribution >= 4 is 33.5 Å². The summed E-state index contributed by atoms with van der Waals surface area (Å²) >= 11 is 3.27. The van der Waals surface area contributed by atoms with Crippen molar-refractivity contribution in [2.75, 3.05) is 10.6 Å². The van der Waals surface area contributed by atoms with E-state index in [0.717, 1.165) is 17.3 Å². The van der Waals surface area contributed by atoms with Crippen molar-refractivity contribution in [2.45, 2.75) is 25.3 Å². The first-order valence-corrected chi connectivity index (χ1v) is 7.08. The molecule has 0 saturated heterocycles. The van der Waals surface area contributed by atoms with E-state index in [1.165, 1.54) is 0 Å². The van der Waals surface area contributed by atoms with Gasteiger partial charge in [0.05, 0.1) is 0 Å². The molecule has 1 aromatic carbocycles. The van der Waals surface area contributed by atoms with Gasteiger partial charge in [-0.05, 0) is 30.5 Å². The van der Waals surface area contributed by atoms with Crippen molar-refractivity contribution in [3.05, 3.63) is 29.8 Å². The van der Waals surface area contributed by atoms with E-state index in [0.29, 0.717) is 12.1 Å². The van der Waals surface area contributed by atoms with Crippen LogP contribution < -0.4 is 11.1 Å². The monoisotopic (exact) mass is 328 g/mol. The smallest absolute Gasteiger partial charge is 0.320 e. The lowest BCUT2D eigenvalue weighted by molar-refractivity contribution is -0.138. The minimum atomic E-state index is -1.02. The molecule has 0 aliphatic heterocycles. The molecule has 104 valence electrons. The number of carboxylic acid groups (broad SMARTS) is 1. The second kappa shape index (κ2) is 7.91. The number of carbonyl (C=O) groups is 2. The quantitative estimate of drug-likeness (QED) is 0.665. The molecule has 5 nitrogen and oxygen atoms in total. The molecule has 0 bridgehead atoms. The molecule has 1 atom stereocenters. The number of halogens is 1. The number of anilines is 1. The summed E-state index contributed by atoms with van der Waals surface area (Å²) in [6, 6.07) is 6.12. The number of alkyl halides is 1. The van der Waals surface area contributed by atoms with E-state index in [2.05, 4.69) is 21.2 Å². The third kappa shape index (κ3) is 5.85. The van der Waals surface area contributed by atoms with Crippen LogP contribution in [0.4, 0.5) is 5.69 Å². The van der Waals surface area contributed by atoms with Crippen molar-refractivity contribution < 1.29 is 14.7 Å². The molecule has 0 aliphatic rings. The molecular formula is C13H17BrN2O3. The Hall–Kier alpha value is -1.40. The maximum absolute atomic E-state index is 11.5. The second-order valence-electron chi connectivity index (χ2n) is 4.19. The Kier molecular flexibility index (Phi) is 6.52. The molecule has 0 heterocycles. The molecule has 0 aromatic heterocycles. The lowest BCUT2D eigenvalue weighted by Gasteiger charge is -2.08. The van der Waals surface area contributed by atoms with Crippen LogP contribution in [0, 0.1) is 0 Å². The van der Waals surface area contributed by atoms with Gasteiger partial charge in [-0.2, -0.15) is 0 Å². The molecule has 0 fully saturated rings. The summed E-state index contributed by atoms with van der Waals surface area (Å²) in [6.07, 6.45) is 1.53. The fourth-order valence-corrected chi connectivity index (χ4v) is 1.80. The molecule has 0 aliphatic carbocycles. The SMILES string of the molecule is NC(Cc1ccc(NC(=O)CCCBr)cc1)C(=O)O. The van der Waals surface area contributed by atoms with Gasteiger partial charge in [0.2, 0.25) is 5.91 Å². The van der Waals surface area contributed by atoms with Crippen LogP contribution >= 0.6 is 15.9 Å². The number of amides is 1. The molecule has 6 heteroatoms.